The van der Waals surface area contributed by atoms with Crippen LogP contribution in [0.3, 0.4) is 0 Å². The van der Waals surface area contributed by atoms with E-state index in [0.29, 0.717) is 38.8 Å². The Bertz CT molecular complexity index is 889. The second-order valence-electron chi connectivity index (χ2n) is 11.2. The summed E-state index contributed by atoms with van der Waals surface area (Å²) in [7, 11) is 0. The van der Waals surface area contributed by atoms with Crippen LogP contribution in [-0.2, 0) is 25.6 Å². The monoisotopic (exact) mass is 502 g/mol. The van der Waals surface area contributed by atoms with Crippen LogP contribution >= 0.6 is 0 Å². The van der Waals surface area contributed by atoms with Crippen molar-refractivity contribution in [3.05, 3.63) is 35.9 Å². The molecule has 0 bridgehead atoms. The fraction of sp³-hybridized carbons (Fsp3) is 0.630. The molecule has 1 aliphatic rings. The van der Waals surface area contributed by atoms with Gasteiger partial charge in [0.1, 0.15) is 6.04 Å². The van der Waals surface area contributed by atoms with Crippen LogP contribution in [0, 0.1) is 17.3 Å². The van der Waals surface area contributed by atoms with Crippen LogP contribution in [0.25, 0.3) is 0 Å². The number of hydrogen-bond acceptors (Lipinski definition) is 5. The van der Waals surface area contributed by atoms with Gasteiger partial charge < -0.3 is 15.5 Å². The molecule has 0 unspecified atom stereocenters. The molecule has 1 aromatic rings. The summed E-state index contributed by atoms with van der Waals surface area (Å²) in [4.78, 5) is 52.5. The van der Waals surface area contributed by atoms with Crippen molar-refractivity contribution in [2.75, 3.05) is 13.1 Å². The second-order valence-corrected chi connectivity index (χ2v) is 11.2. The highest BCUT2D eigenvalue weighted by molar-refractivity contribution is 5.91. The number of rotatable bonds is 10. The summed E-state index contributed by atoms with van der Waals surface area (Å²) in [6.45, 7) is 10.6. The molecule has 0 saturated carbocycles. The Labute approximate surface area is 214 Å². The number of benzene rings is 1. The number of carbonyl (C=O) groups excluding carboxylic acids is 4. The molecule has 9 nitrogen and oxygen atoms in total. The van der Waals surface area contributed by atoms with E-state index in [0.717, 1.165) is 5.56 Å². The van der Waals surface area contributed by atoms with E-state index in [1.807, 2.05) is 65.0 Å². The summed E-state index contributed by atoms with van der Waals surface area (Å²) < 4.78 is 0. The number of nitrogens with zero attached hydrogens (tertiary/aromatic N) is 1. The third kappa shape index (κ3) is 9.26. The van der Waals surface area contributed by atoms with Gasteiger partial charge >= 0.3 is 0 Å². The molecule has 1 fully saturated rings. The van der Waals surface area contributed by atoms with Crippen LogP contribution in [0.4, 0.5) is 0 Å². The van der Waals surface area contributed by atoms with Crippen molar-refractivity contribution in [3.63, 3.8) is 0 Å². The Morgan fingerprint density at radius 1 is 1.03 bits per heavy atom. The lowest BCUT2D eigenvalue weighted by Gasteiger charge is -2.39. The smallest absolute Gasteiger partial charge is 0.245 e. The van der Waals surface area contributed by atoms with E-state index < -0.39 is 23.3 Å². The predicted molar refractivity (Wildman–Crippen MR) is 137 cm³/mol. The summed E-state index contributed by atoms with van der Waals surface area (Å²) >= 11 is 0. The lowest BCUT2D eigenvalue weighted by atomic mass is 9.84. The molecule has 4 amide bonds. The minimum Gasteiger partial charge on any atom is -0.353 e. The zero-order valence-corrected chi connectivity index (χ0v) is 22.2. The molecule has 0 radical (unpaired) electrons. The molecule has 2 atom stereocenters. The number of carbonyl (C=O) groups is 4. The van der Waals surface area contributed by atoms with E-state index in [9.17, 15) is 19.2 Å². The second kappa shape index (κ2) is 13.4. The van der Waals surface area contributed by atoms with E-state index in [-0.39, 0.29) is 36.1 Å². The maximum Gasteiger partial charge on any atom is 0.245 e. The number of amides is 4. The summed E-state index contributed by atoms with van der Waals surface area (Å²) in [5.74, 6) is -1.70. The van der Waals surface area contributed by atoms with Crippen LogP contribution in [0.1, 0.15) is 65.9 Å². The first-order chi connectivity index (χ1) is 16.9. The van der Waals surface area contributed by atoms with Crippen molar-refractivity contribution < 1.29 is 24.4 Å². The molecule has 1 aromatic carbocycles. The molecule has 1 heterocycles. The Morgan fingerprint density at radius 3 is 2.17 bits per heavy atom. The van der Waals surface area contributed by atoms with Crippen molar-refractivity contribution in [1.29, 1.82) is 0 Å². The molecule has 0 aliphatic carbocycles. The van der Waals surface area contributed by atoms with Crippen molar-refractivity contribution in [2.24, 2.45) is 17.3 Å². The van der Waals surface area contributed by atoms with Gasteiger partial charge in [-0.2, -0.15) is 0 Å². The summed E-state index contributed by atoms with van der Waals surface area (Å²) in [5.41, 5.74) is 2.00. The molecule has 9 heteroatoms. The van der Waals surface area contributed by atoms with Crippen LogP contribution < -0.4 is 16.1 Å². The van der Waals surface area contributed by atoms with Gasteiger partial charge in [-0.3, -0.25) is 24.4 Å². The quantitative estimate of drug-likeness (QED) is 0.289. The summed E-state index contributed by atoms with van der Waals surface area (Å²) in [6.07, 6.45) is 1.91. The van der Waals surface area contributed by atoms with Crippen LogP contribution in [-0.4, -0.2) is 58.9 Å². The average molecular weight is 503 g/mol. The van der Waals surface area contributed by atoms with Gasteiger partial charge in [0, 0.05) is 31.5 Å². The van der Waals surface area contributed by atoms with Gasteiger partial charge in [0.2, 0.25) is 23.6 Å². The Morgan fingerprint density at radius 2 is 1.64 bits per heavy atom. The maximum atomic E-state index is 13.5. The van der Waals surface area contributed by atoms with E-state index >= 15 is 0 Å². The summed E-state index contributed by atoms with van der Waals surface area (Å²) in [6, 6.07) is 8.81. The van der Waals surface area contributed by atoms with Gasteiger partial charge in [-0.05, 0) is 36.2 Å². The van der Waals surface area contributed by atoms with E-state index in [1.165, 1.54) is 0 Å². The third-order valence-corrected chi connectivity index (χ3v) is 6.46. The summed E-state index contributed by atoms with van der Waals surface area (Å²) in [5, 5.41) is 14.9. The van der Waals surface area contributed by atoms with Gasteiger partial charge in [-0.25, -0.2) is 5.48 Å². The number of nitrogens with one attached hydrogen (secondary N) is 3. The number of hydrogen-bond donors (Lipinski definition) is 4. The minimum absolute atomic E-state index is 0.000330. The van der Waals surface area contributed by atoms with Crippen LogP contribution in [0.5, 0.6) is 0 Å². The molecular formula is C27H42N4O5. The van der Waals surface area contributed by atoms with Gasteiger partial charge in [-0.15, -0.1) is 0 Å². The first-order valence-corrected chi connectivity index (χ1v) is 12.8. The zero-order chi connectivity index (χ0) is 26.9. The van der Waals surface area contributed by atoms with Crippen LogP contribution in [0.2, 0.25) is 0 Å². The topological polar surface area (TPSA) is 128 Å². The standard InChI is InChI=1S/C27H42N4O5/c1-18(2)15-20(17-23(33)30-36)25(34)29-24(27(3,4)5)26(35)31-13-11-21(12-14-31)28-22(32)16-19-9-7-6-8-10-19/h6-10,18,20-21,24,36H,11-17H2,1-5H3,(H,28,32)(H,29,34)(H,30,33)/t20-,24-/m0/s1. The molecule has 36 heavy (non-hydrogen) atoms. The highest BCUT2D eigenvalue weighted by atomic mass is 16.5. The van der Waals surface area contributed by atoms with Crippen molar-refractivity contribution in [3.8, 4) is 0 Å². The minimum atomic E-state index is -0.763. The van der Waals surface area contributed by atoms with Gasteiger partial charge in [0.05, 0.1) is 6.42 Å². The third-order valence-electron chi connectivity index (χ3n) is 6.46. The zero-order valence-electron chi connectivity index (χ0n) is 22.2. The van der Waals surface area contributed by atoms with Gasteiger partial charge in [-0.1, -0.05) is 65.0 Å². The van der Waals surface area contributed by atoms with Crippen LogP contribution in [0.15, 0.2) is 30.3 Å². The SMILES string of the molecule is CC(C)C[C@@H](CC(=O)NO)C(=O)N[C@@H](C(=O)N1CCC(NC(=O)Cc2ccccc2)CC1)C(C)(C)C. The molecule has 1 saturated heterocycles. The first kappa shape index (κ1) is 29.3. The van der Waals surface area contributed by atoms with Crippen molar-refractivity contribution in [2.45, 2.75) is 78.8 Å². The number of hydroxylamine groups is 1. The first-order valence-electron chi connectivity index (χ1n) is 12.8. The Kier molecular flexibility index (Phi) is 10.9. The highest BCUT2D eigenvalue weighted by Crippen LogP contribution is 2.25. The van der Waals surface area contributed by atoms with E-state index in [2.05, 4.69) is 10.6 Å². The normalized spacial score (nSPS) is 16.2. The molecule has 1 aliphatic heterocycles. The molecule has 4 N–H and O–H groups in total. The van der Waals surface area contributed by atoms with E-state index in [1.54, 1.807) is 10.4 Å². The molecular weight excluding hydrogens is 460 g/mol. The van der Waals surface area contributed by atoms with Gasteiger partial charge in [0.15, 0.2) is 0 Å². The molecule has 0 spiro atoms. The highest BCUT2D eigenvalue weighted by Gasteiger charge is 2.38. The Balaban J connectivity index is 1.97. The van der Waals surface area contributed by atoms with Crippen molar-refractivity contribution in [1.82, 2.24) is 21.0 Å². The molecule has 2 rings (SSSR count). The lowest BCUT2D eigenvalue weighted by molar-refractivity contribution is -0.142. The lowest BCUT2D eigenvalue weighted by Crippen LogP contribution is -2.58. The number of piperidine rings is 1. The van der Waals surface area contributed by atoms with E-state index in [4.69, 9.17) is 5.21 Å². The molecule has 200 valence electrons. The average Bonchev–Trinajstić information content (AvgIpc) is 2.81. The number of likely N-dealkylation sites (tertiary alicyclic amines) is 1. The van der Waals surface area contributed by atoms with Gasteiger partial charge in [0.25, 0.3) is 0 Å². The largest absolute Gasteiger partial charge is 0.353 e. The van der Waals surface area contributed by atoms with Crippen molar-refractivity contribution >= 4 is 23.6 Å². The maximum absolute atomic E-state index is 13.5. The predicted octanol–water partition coefficient (Wildman–Crippen LogP) is 2.43. The Hall–Kier alpha value is -2.94. The fourth-order valence-electron chi connectivity index (χ4n) is 4.52. The fourth-order valence-corrected chi connectivity index (χ4v) is 4.52. The molecule has 0 aromatic heterocycles.